The van der Waals surface area contributed by atoms with Crippen LogP contribution in [-0.4, -0.2) is 51.4 Å². The molecule has 0 aliphatic rings. The fraction of sp³-hybridized carbons (Fsp3) is 1.00. The third-order valence-corrected chi connectivity index (χ3v) is 2.48. The average molecular weight is 268 g/mol. The molecule has 2 N–H and O–H groups in total. The van der Waals surface area contributed by atoms with Crippen molar-refractivity contribution in [3.05, 3.63) is 0 Å². The number of thiol groups is 1. The minimum Gasteiger partial charge on any atom is -0.378 e. The molecule has 0 bridgehead atoms. The Balaban J connectivity index is 2.88. The maximum atomic E-state index is 5.39. The quantitative estimate of drug-likeness (QED) is 0.214. The van der Waals surface area contributed by atoms with Gasteiger partial charge in [0.15, 0.2) is 0 Å². The van der Waals surface area contributed by atoms with Gasteiger partial charge in [0.2, 0.25) is 0 Å². The Morgan fingerprint density at radius 2 is 1.69 bits per heavy atom. The molecule has 0 fully saturated rings. The fourth-order valence-electron chi connectivity index (χ4n) is 1.00. The Kier molecular flexibility index (Phi) is 14.1. The van der Waals surface area contributed by atoms with E-state index in [-0.39, 0.29) is 0 Å². The fourth-order valence-corrected chi connectivity index (χ4v) is 1.51. The second kappa shape index (κ2) is 13.6. The highest BCUT2D eigenvalue weighted by Gasteiger charge is 1.92. The third-order valence-electron chi connectivity index (χ3n) is 1.76. The van der Waals surface area contributed by atoms with E-state index >= 15 is 0 Å². The monoisotopic (exact) mass is 268 g/mol. The Labute approximate surface area is 108 Å². The van der Waals surface area contributed by atoms with Gasteiger partial charge >= 0.3 is 0 Å². The predicted molar refractivity (Wildman–Crippen MR) is 74.2 cm³/mol. The topological polar surface area (TPSA) is 42.5 Å². The van der Waals surface area contributed by atoms with E-state index in [1.807, 2.05) is 0 Å². The van der Waals surface area contributed by atoms with Crippen molar-refractivity contribution < 1.29 is 9.47 Å². The molecule has 0 heterocycles. The Hall–Kier alpha value is 0.540. The summed E-state index contributed by atoms with van der Waals surface area (Å²) in [5.74, 6) is 0.851. The number of nitrogens with one attached hydrogen (secondary N) is 2. The summed E-state index contributed by atoms with van der Waals surface area (Å²) in [6, 6.07) is 0.524. The van der Waals surface area contributed by atoms with Gasteiger partial charge in [0.25, 0.3) is 0 Å². The Bertz CT molecular complexity index is 140. The first-order chi connectivity index (χ1) is 7.77. The highest BCUT2D eigenvalue weighted by molar-refractivity contribution is 8.68. The molecule has 6 heteroatoms. The van der Waals surface area contributed by atoms with Crippen LogP contribution in [0.5, 0.6) is 0 Å². The molecule has 16 heavy (non-hydrogen) atoms. The maximum Gasteiger partial charge on any atom is 0.0701 e. The van der Waals surface area contributed by atoms with Gasteiger partial charge < -0.3 is 20.1 Å². The van der Waals surface area contributed by atoms with Crippen molar-refractivity contribution in [3.8, 4) is 0 Å². The molecule has 4 nitrogen and oxygen atoms in total. The van der Waals surface area contributed by atoms with E-state index < -0.39 is 0 Å². The lowest BCUT2D eigenvalue weighted by molar-refractivity contribution is 0.0498. The van der Waals surface area contributed by atoms with Crippen molar-refractivity contribution in [1.82, 2.24) is 10.6 Å². The van der Waals surface area contributed by atoms with Gasteiger partial charge in [0.1, 0.15) is 0 Å². The molecule has 0 radical (unpaired) electrons. The zero-order valence-electron chi connectivity index (χ0n) is 10.2. The second-order valence-corrected chi connectivity index (χ2v) is 4.93. The van der Waals surface area contributed by atoms with Crippen molar-refractivity contribution in [3.63, 3.8) is 0 Å². The number of ether oxygens (including phenoxy) is 2. The first kappa shape index (κ1) is 16.5. The minimum atomic E-state index is 0.524. The summed E-state index contributed by atoms with van der Waals surface area (Å²) in [7, 11) is 1.48. The zero-order valence-corrected chi connectivity index (χ0v) is 11.9. The number of hydrogen-bond acceptors (Lipinski definition) is 6. The van der Waals surface area contributed by atoms with Crippen molar-refractivity contribution in [2.24, 2.45) is 0 Å². The van der Waals surface area contributed by atoms with Crippen LogP contribution in [0.2, 0.25) is 0 Å². The summed E-state index contributed by atoms with van der Waals surface area (Å²) >= 11 is 4.01. The molecule has 0 atom stereocenters. The first-order valence-electron chi connectivity index (χ1n) is 5.63. The largest absolute Gasteiger partial charge is 0.378 e. The molecule has 0 rings (SSSR count). The molecule has 0 saturated heterocycles. The normalized spacial score (nSPS) is 11.2. The molecule has 0 aliphatic carbocycles. The van der Waals surface area contributed by atoms with E-state index in [4.69, 9.17) is 9.47 Å². The summed E-state index contributed by atoms with van der Waals surface area (Å²) in [5, 5.41) is 6.45. The summed E-state index contributed by atoms with van der Waals surface area (Å²) in [4.78, 5) is 0. The van der Waals surface area contributed by atoms with Crippen LogP contribution in [0.15, 0.2) is 0 Å². The zero-order chi connectivity index (χ0) is 12.1. The van der Waals surface area contributed by atoms with Crippen LogP contribution in [0.4, 0.5) is 0 Å². The first-order valence-corrected chi connectivity index (χ1v) is 7.67. The molecule has 0 amide bonds. The van der Waals surface area contributed by atoms with Crippen molar-refractivity contribution in [2.75, 3.05) is 45.4 Å². The van der Waals surface area contributed by atoms with Crippen LogP contribution in [0.25, 0.3) is 0 Å². The van der Waals surface area contributed by atoms with Crippen LogP contribution in [0.1, 0.15) is 13.8 Å². The van der Waals surface area contributed by atoms with Crippen LogP contribution < -0.4 is 10.6 Å². The van der Waals surface area contributed by atoms with Gasteiger partial charge in [-0.15, -0.1) is 11.7 Å². The van der Waals surface area contributed by atoms with Crippen LogP contribution >= 0.6 is 22.5 Å². The Morgan fingerprint density at radius 3 is 2.25 bits per heavy atom. The molecule has 0 spiro atoms. The highest BCUT2D eigenvalue weighted by atomic mass is 33.1. The minimum absolute atomic E-state index is 0.524. The molecule has 0 saturated carbocycles. The van der Waals surface area contributed by atoms with Gasteiger partial charge in [-0.05, 0) is 0 Å². The van der Waals surface area contributed by atoms with Gasteiger partial charge in [-0.2, -0.15) is 0 Å². The van der Waals surface area contributed by atoms with E-state index in [1.165, 1.54) is 10.8 Å². The van der Waals surface area contributed by atoms with Gasteiger partial charge in [-0.3, -0.25) is 0 Å². The summed E-state index contributed by atoms with van der Waals surface area (Å²) < 4.78 is 10.8. The van der Waals surface area contributed by atoms with E-state index in [1.54, 1.807) is 0 Å². The average Bonchev–Trinajstić information content (AvgIpc) is 2.25. The molecular weight excluding hydrogens is 244 g/mol. The van der Waals surface area contributed by atoms with Crippen LogP contribution in [-0.2, 0) is 9.47 Å². The lowest BCUT2D eigenvalue weighted by Crippen LogP contribution is -2.27. The van der Waals surface area contributed by atoms with E-state index in [0.717, 1.165) is 32.2 Å². The maximum absolute atomic E-state index is 5.39. The van der Waals surface area contributed by atoms with E-state index in [0.29, 0.717) is 19.3 Å². The molecule has 98 valence electrons. The van der Waals surface area contributed by atoms with Gasteiger partial charge in [-0.1, -0.05) is 24.6 Å². The van der Waals surface area contributed by atoms with E-state index in [2.05, 4.69) is 36.1 Å². The molecule has 0 aromatic rings. The second-order valence-electron chi connectivity index (χ2n) is 3.61. The molecular formula is C10H24N2O2S2. The van der Waals surface area contributed by atoms with Crippen molar-refractivity contribution >= 4 is 22.5 Å². The highest BCUT2D eigenvalue weighted by Crippen LogP contribution is 1.99. The molecule has 0 aromatic heterocycles. The summed E-state index contributed by atoms with van der Waals surface area (Å²) in [5.41, 5.74) is 0. The smallest absolute Gasteiger partial charge is 0.0701 e. The summed E-state index contributed by atoms with van der Waals surface area (Å²) in [6.45, 7) is 8.82. The van der Waals surface area contributed by atoms with Crippen LogP contribution in [0.3, 0.4) is 0 Å². The third kappa shape index (κ3) is 14.5. The van der Waals surface area contributed by atoms with Crippen LogP contribution in [0, 0.1) is 0 Å². The number of hydrogen-bond donors (Lipinski definition) is 3. The SMILES string of the molecule is CC(C)NCCOCCOCCNCSS. The van der Waals surface area contributed by atoms with Gasteiger partial charge in [-0.25, -0.2) is 0 Å². The Morgan fingerprint density at radius 1 is 1.06 bits per heavy atom. The van der Waals surface area contributed by atoms with Gasteiger partial charge in [0, 0.05) is 19.1 Å². The van der Waals surface area contributed by atoms with Crippen molar-refractivity contribution in [2.45, 2.75) is 19.9 Å². The van der Waals surface area contributed by atoms with Gasteiger partial charge in [0.05, 0.1) is 32.3 Å². The standard InChI is InChI=1S/C10H24N2O2S2/c1-10(2)12-4-6-14-8-7-13-5-3-11-9-16-15/h10-12,15H,3-9H2,1-2H3. The predicted octanol–water partition coefficient (Wildman–Crippen LogP) is 1.14. The molecule has 0 aliphatic heterocycles. The summed E-state index contributed by atoms with van der Waals surface area (Å²) in [6.07, 6.45) is 0. The van der Waals surface area contributed by atoms with Crippen molar-refractivity contribution in [1.29, 1.82) is 0 Å². The molecule has 0 aromatic carbocycles. The van der Waals surface area contributed by atoms with E-state index in [9.17, 15) is 0 Å². The lowest BCUT2D eigenvalue weighted by atomic mass is 10.4. The lowest BCUT2D eigenvalue weighted by Gasteiger charge is -2.09. The molecule has 0 unspecified atom stereocenters. The number of rotatable bonds is 12.